The molecule has 0 radical (unpaired) electrons. The molecule has 1 fully saturated rings. The Balaban J connectivity index is 0.00000220. The molecule has 1 amide bonds. The van der Waals surface area contributed by atoms with Gasteiger partial charge in [-0.05, 0) is 38.3 Å². The number of hydrogen-bond donors (Lipinski definition) is 1. The molecule has 1 aliphatic heterocycles. The SMILES string of the molecule is CC(C)CCn1cc(C(=O)N(C)C2CCNCC2)nn1.Cl. The lowest BCUT2D eigenvalue weighted by Gasteiger charge is -2.31. The molecule has 0 unspecified atom stereocenters. The fourth-order valence-corrected chi connectivity index (χ4v) is 2.44. The molecule has 1 aromatic rings. The van der Waals surface area contributed by atoms with Crippen LogP contribution in [-0.2, 0) is 6.54 Å². The number of nitrogens with one attached hydrogen (secondary N) is 1. The predicted molar refractivity (Wildman–Crippen MR) is 84.7 cm³/mol. The molecule has 0 spiro atoms. The van der Waals surface area contributed by atoms with Crippen LogP contribution in [0.1, 0.15) is 43.6 Å². The molecule has 0 saturated carbocycles. The molecule has 0 atom stereocenters. The van der Waals surface area contributed by atoms with Crippen LogP contribution < -0.4 is 5.32 Å². The van der Waals surface area contributed by atoms with Crippen LogP contribution in [0.3, 0.4) is 0 Å². The van der Waals surface area contributed by atoms with Gasteiger partial charge in [-0.3, -0.25) is 9.48 Å². The van der Waals surface area contributed by atoms with E-state index < -0.39 is 0 Å². The van der Waals surface area contributed by atoms with E-state index in [0.717, 1.165) is 38.9 Å². The molecule has 1 N–H and O–H groups in total. The van der Waals surface area contributed by atoms with Crippen LogP contribution in [0.4, 0.5) is 0 Å². The Hall–Kier alpha value is -1.14. The van der Waals surface area contributed by atoms with E-state index in [1.807, 2.05) is 11.9 Å². The molecule has 7 heteroatoms. The molecule has 1 aromatic heterocycles. The van der Waals surface area contributed by atoms with Gasteiger partial charge >= 0.3 is 0 Å². The summed E-state index contributed by atoms with van der Waals surface area (Å²) in [6.45, 7) is 7.11. The summed E-state index contributed by atoms with van der Waals surface area (Å²) < 4.78 is 1.77. The first kappa shape index (κ1) is 17.9. The first-order chi connectivity index (χ1) is 9.58. The lowest BCUT2D eigenvalue weighted by atomic mass is 10.1. The number of carbonyl (C=O) groups excluding carboxylic acids is 1. The third kappa shape index (κ3) is 4.97. The first-order valence-electron chi connectivity index (χ1n) is 7.46. The molecule has 1 aliphatic rings. The summed E-state index contributed by atoms with van der Waals surface area (Å²) >= 11 is 0. The van der Waals surface area contributed by atoms with Crippen molar-refractivity contribution in [2.75, 3.05) is 20.1 Å². The number of aryl methyl sites for hydroxylation is 1. The van der Waals surface area contributed by atoms with Crippen LogP contribution in [0, 0.1) is 5.92 Å². The monoisotopic (exact) mass is 315 g/mol. The topological polar surface area (TPSA) is 63.1 Å². The number of rotatable bonds is 5. The van der Waals surface area contributed by atoms with E-state index in [1.54, 1.807) is 10.9 Å². The van der Waals surface area contributed by atoms with Gasteiger partial charge in [-0.25, -0.2) is 0 Å². The van der Waals surface area contributed by atoms with Gasteiger partial charge in [0.2, 0.25) is 0 Å². The second kappa shape index (κ2) is 8.34. The van der Waals surface area contributed by atoms with Crippen LogP contribution in [0.2, 0.25) is 0 Å². The fraction of sp³-hybridized carbons (Fsp3) is 0.786. The van der Waals surface area contributed by atoms with Crippen molar-refractivity contribution in [1.82, 2.24) is 25.2 Å². The summed E-state index contributed by atoms with van der Waals surface area (Å²) in [6, 6.07) is 0.310. The van der Waals surface area contributed by atoms with Crippen molar-refractivity contribution in [3.8, 4) is 0 Å². The molecule has 21 heavy (non-hydrogen) atoms. The Morgan fingerprint density at radius 1 is 1.48 bits per heavy atom. The van der Waals surface area contributed by atoms with Gasteiger partial charge in [0.1, 0.15) is 0 Å². The molecule has 2 heterocycles. The van der Waals surface area contributed by atoms with E-state index in [4.69, 9.17) is 0 Å². The Labute approximate surface area is 132 Å². The van der Waals surface area contributed by atoms with E-state index in [2.05, 4.69) is 29.5 Å². The largest absolute Gasteiger partial charge is 0.337 e. The Morgan fingerprint density at radius 2 is 2.14 bits per heavy atom. The lowest BCUT2D eigenvalue weighted by Crippen LogP contribution is -2.44. The summed E-state index contributed by atoms with van der Waals surface area (Å²) in [5.74, 6) is 0.600. The van der Waals surface area contributed by atoms with Gasteiger partial charge < -0.3 is 10.2 Å². The smallest absolute Gasteiger partial charge is 0.276 e. The third-order valence-corrected chi connectivity index (χ3v) is 3.87. The zero-order valence-electron chi connectivity index (χ0n) is 13.1. The summed E-state index contributed by atoms with van der Waals surface area (Å²) in [4.78, 5) is 14.2. The minimum atomic E-state index is -0.0207. The Bertz CT molecular complexity index is 442. The molecule has 0 aliphatic carbocycles. The van der Waals surface area contributed by atoms with Crippen LogP contribution >= 0.6 is 12.4 Å². The van der Waals surface area contributed by atoms with Gasteiger partial charge in [-0.1, -0.05) is 19.1 Å². The van der Waals surface area contributed by atoms with Crippen LogP contribution in [0.5, 0.6) is 0 Å². The second-order valence-corrected chi connectivity index (χ2v) is 5.95. The van der Waals surface area contributed by atoms with E-state index in [1.165, 1.54) is 0 Å². The van der Waals surface area contributed by atoms with Crippen molar-refractivity contribution < 1.29 is 4.79 Å². The van der Waals surface area contributed by atoms with Crippen LogP contribution in [0.25, 0.3) is 0 Å². The molecule has 6 nitrogen and oxygen atoms in total. The van der Waals surface area contributed by atoms with Gasteiger partial charge in [0.25, 0.3) is 5.91 Å². The molecule has 1 saturated heterocycles. The van der Waals surface area contributed by atoms with Crippen molar-refractivity contribution in [2.45, 2.75) is 45.7 Å². The number of nitrogens with zero attached hydrogens (tertiary/aromatic N) is 4. The fourth-order valence-electron chi connectivity index (χ4n) is 2.44. The number of halogens is 1. The van der Waals surface area contributed by atoms with Crippen molar-refractivity contribution in [3.05, 3.63) is 11.9 Å². The van der Waals surface area contributed by atoms with E-state index in [9.17, 15) is 4.79 Å². The van der Waals surface area contributed by atoms with Crippen LogP contribution in [-0.4, -0.2) is 52.0 Å². The number of amides is 1. The van der Waals surface area contributed by atoms with Crippen LogP contribution in [0.15, 0.2) is 6.20 Å². The lowest BCUT2D eigenvalue weighted by molar-refractivity contribution is 0.0697. The van der Waals surface area contributed by atoms with Gasteiger partial charge in [-0.2, -0.15) is 0 Å². The van der Waals surface area contributed by atoms with Gasteiger partial charge in [0, 0.05) is 19.6 Å². The van der Waals surface area contributed by atoms with E-state index >= 15 is 0 Å². The first-order valence-corrected chi connectivity index (χ1v) is 7.46. The number of carbonyl (C=O) groups is 1. The molecular weight excluding hydrogens is 290 g/mol. The maximum absolute atomic E-state index is 12.4. The van der Waals surface area contributed by atoms with Gasteiger partial charge in [-0.15, -0.1) is 17.5 Å². The van der Waals surface area contributed by atoms with Crippen molar-refractivity contribution in [2.24, 2.45) is 5.92 Å². The highest BCUT2D eigenvalue weighted by Gasteiger charge is 2.24. The highest BCUT2D eigenvalue weighted by atomic mass is 35.5. The summed E-state index contributed by atoms with van der Waals surface area (Å²) in [7, 11) is 1.87. The van der Waals surface area contributed by atoms with Crippen molar-refractivity contribution in [1.29, 1.82) is 0 Å². The van der Waals surface area contributed by atoms with Crippen molar-refractivity contribution in [3.63, 3.8) is 0 Å². The maximum atomic E-state index is 12.4. The number of piperidine rings is 1. The third-order valence-electron chi connectivity index (χ3n) is 3.87. The summed E-state index contributed by atoms with van der Waals surface area (Å²) in [5.41, 5.74) is 0.454. The standard InChI is InChI=1S/C14H25N5O.ClH/c1-11(2)6-9-19-10-13(16-17-19)14(20)18(3)12-4-7-15-8-5-12;/h10-12,15H,4-9H2,1-3H3;1H. The maximum Gasteiger partial charge on any atom is 0.276 e. The second-order valence-electron chi connectivity index (χ2n) is 5.95. The number of aromatic nitrogens is 3. The summed E-state index contributed by atoms with van der Waals surface area (Å²) in [6.07, 6.45) is 4.82. The van der Waals surface area contributed by atoms with E-state index in [-0.39, 0.29) is 18.3 Å². The molecule has 2 rings (SSSR count). The van der Waals surface area contributed by atoms with Crippen molar-refractivity contribution >= 4 is 18.3 Å². The minimum absolute atomic E-state index is 0. The quantitative estimate of drug-likeness (QED) is 0.896. The van der Waals surface area contributed by atoms with Gasteiger partial charge in [0.15, 0.2) is 5.69 Å². The zero-order chi connectivity index (χ0) is 14.5. The van der Waals surface area contributed by atoms with Gasteiger partial charge in [0.05, 0.1) is 6.20 Å². The summed E-state index contributed by atoms with van der Waals surface area (Å²) in [5, 5.41) is 11.4. The Kier molecular flexibility index (Phi) is 7.11. The molecule has 0 bridgehead atoms. The molecule has 120 valence electrons. The van der Waals surface area contributed by atoms with E-state index in [0.29, 0.717) is 17.7 Å². The normalized spacial score (nSPS) is 15.8. The highest BCUT2D eigenvalue weighted by molar-refractivity contribution is 5.91. The minimum Gasteiger partial charge on any atom is -0.337 e. The zero-order valence-corrected chi connectivity index (χ0v) is 13.9. The molecular formula is C14H26ClN5O. The predicted octanol–water partition coefficient (Wildman–Crippen LogP) is 1.57. The highest BCUT2D eigenvalue weighted by Crippen LogP contribution is 2.12. The Morgan fingerprint density at radius 3 is 2.76 bits per heavy atom. The average Bonchev–Trinajstić information content (AvgIpc) is 2.93. The molecule has 0 aromatic carbocycles. The average molecular weight is 316 g/mol. The number of hydrogen-bond acceptors (Lipinski definition) is 4.